The Morgan fingerprint density at radius 3 is 1.16 bits per heavy atom. The second-order valence-corrected chi connectivity index (χ2v) is 15.6. The van der Waals surface area contributed by atoms with Gasteiger partial charge in [0.2, 0.25) is 17.4 Å². The number of carbonyl (C=O) groups is 5. The fraction of sp³-hybridized carbons (Fsp3) is 0.889. The summed E-state index contributed by atoms with van der Waals surface area (Å²) in [6, 6.07) is 0. The van der Waals surface area contributed by atoms with Gasteiger partial charge in [0.25, 0.3) is 0 Å². The molecular weight excluding hydrogens is 703 g/mol. The number of unbranched alkanes of at least 4 members (excludes halogenated alkanes) is 24. The van der Waals surface area contributed by atoms with Gasteiger partial charge < -0.3 is 15.6 Å². The van der Waals surface area contributed by atoms with Crippen LogP contribution >= 0.6 is 0 Å². The predicted molar refractivity (Wildman–Crippen MR) is 228 cm³/mol. The number of ether oxygens (including phenoxy) is 1. The monoisotopic (exact) mass is 789 g/mol. The number of nitrogens with two attached hydrogens (primary N) is 1. The van der Waals surface area contributed by atoms with Crippen LogP contribution in [-0.4, -0.2) is 87.8 Å². The van der Waals surface area contributed by atoms with Gasteiger partial charge in [0.05, 0.1) is 12.5 Å². The van der Waals surface area contributed by atoms with Crippen molar-refractivity contribution < 1.29 is 33.8 Å². The number of nitrogens with zero attached hydrogens (tertiary/aromatic N) is 1. The van der Waals surface area contributed by atoms with Crippen molar-refractivity contribution in [3.05, 3.63) is 0 Å². The van der Waals surface area contributed by atoms with Crippen molar-refractivity contribution in [2.45, 2.75) is 239 Å². The van der Waals surface area contributed by atoms with Crippen molar-refractivity contribution in [3.63, 3.8) is 0 Å². The summed E-state index contributed by atoms with van der Waals surface area (Å²) in [5, 5.41) is 10.7. The molecule has 0 aliphatic rings. The molecule has 0 saturated carbocycles. The Kier molecular flexibility index (Phi) is 38.8. The van der Waals surface area contributed by atoms with E-state index in [0.717, 1.165) is 81.9 Å². The Labute approximate surface area is 359 Å². The molecule has 0 aromatic carbocycles. The number of carboxylic acids is 1. The second-order valence-electron chi connectivity index (χ2n) is 15.6. The summed E-state index contributed by atoms with van der Waals surface area (Å²) >= 11 is 0. The van der Waals surface area contributed by atoms with Gasteiger partial charge in [0.15, 0.2) is 5.78 Å². The van der Waals surface area contributed by atoms with Gasteiger partial charge in [-0.25, -0.2) is 4.79 Å². The number of carbonyl (C=O) groups excluding carboxylic acids is 4. The summed E-state index contributed by atoms with van der Waals surface area (Å²) in [7, 11) is 0. The number of ketones is 1. The van der Waals surface area contributed by atoms with Gasteiger partial charge in [0, 0.05) is 19.3 Å². The van der Waals surface area contributed by atoms with E-state index in [9.17, 15) is 29.1 Å². The van der Waals surface area contributed by atoms with Crippen molar-refractivity contribution in [2.24, 2.45) is 11.7 Å². The Balaban J connectivity index is 0. The summed E-state index contributed by atoms with van der Waals surface area (Å²) in [5.74, 6) is -6.22. The molecule has 10 heteroatoms. The third-order valence-corrected chi connectivity index (χ3v) is 10.9. The Morgan fingerprint density at radius 2 is 0.855 bits per heavy atom. The van der Waals surface area contributed by atoms with Crippen LogP contribution in [0.1, 0.15) is 233 Å². The molecule has 2 atom stereocenters. The van der Waals surface area contributed by atoms with Crippen LogP contribution in [0.4, 0.5) is 0 Å². The molecule has 0 heterocycles. The quantitative estimate of drug-likeness (QED) is 0.0271. The van der Waals surface area contributed by atoms with Crippen molar-refractivity contribution in [2.75, 3.05) is 13.2 Å². The molecule has 0 aromatic heterocycles. The SMILES string of the molecule is CCCCCCCCCCCC(=O)N(C(=O)CCCCCCCCCCC)[C@](C(=O)CCCCCCCCCCC)(C(=O)OCC)C(CCCN)C(=O)O.[NaH]. The molecule has 0 aliphatic carbocycles. The maximum atomic E-state index is 14.7. The Bertz CT molecular complexity index is 960. The second kappa shape index (κ2) is 38.2. The minimum absolute atomic E-state index is 0. The zero-order chi connectivity index (χ0) is 40.3. The first-order valence-electron chi connectivity index (χ1n) is 22.7. The number of amides is 2. The number of hydrogen-bond acceptors (Lipinski definition) is 7. The van der Waals surface area contributed by atoms with Gasteiger partial charge in [-0.05, 0) is 45.6 Å². The van der Waals surface area contributed by atoms with Gasteiger partial charge in [-0.15, -0.1) is 0 Å². The summed E-state index contributed by atoms with van der Waals surface area (Å²) in [6.45, 7) is 8.17. The molecule has 0 rings (SSSR count). The molecule has 0 radical (unpaired) electrons. The minimum atomic E-state index is -2.58. The normalized spacial score (nSPS) is 12.7. The molecular formula is C45H85N2NaO7. The van der Waals surface area contributed by atoms with Gasteiger partial charge in [-0.3, -0.25) is 24.1 Å². The van der Waals surface area contributed by atoms with Crippen LogP contribution in [0.5, 0.6) is 0 Å². The molecule has 3 N–H and O–H groups in total. The van der Waals surface area contributed by atoms with Crippen LogP contribution in [-0.2, 0) is 28.7 Å². The van der Waals surface area contributed by atoms with Gasteiger partial charge >= 0.3 is 41.5 Å². The summed E-state index contributed by atoms with van der Waals surface area (Å²) in [5.41, 5.74) is 3.25. The van der Waals surface area contributed by atoms with E-state index in [2.05, 4.69) is 20.8 Å². The number of Topliss-reactive ketones (excluding diaryl/α,β-unsaturated/α-hetero) is 1. The van der Waals surface area contributed by atoms with Crippen LogP contribution in [0.15, 0.2) is 0 Å². The molecule has 55 heavy (non-hydrogen) atoms. The van der Waals surface area contributed by atoms with Crippen molar-refractivity contribution in [3.8, 4) is 0 Å². The van der Waals surface area contributed by atoms with E-state index in [0.29, 0.717) is 19.3 Å². The average molecular weight is 789 g/mol. The third-order valence-electron chi connectivity index (χ3n) is 10.9. The molecule has 0 aromatic rings. The van der Waals surface area contributed by atoms with E-state index in [1.165, 1.54) is 77.0 Å². The van der Waals surface area contributed by atoms with Crippen molar-refractivity contribution >= 4 is 59.1 Å². The first-order valence-corrected chi connectivity index (χ1v) is 22.7. The fourth-order valence-electron chi connectivity index (χ4n) is 7.61. The molecule has 1 unspecified atom stereocenters. The molecule has 318 valence electrons. The standard InChI is InChI=1S/C45H84N2O7.Na.H/c1-5-9-12-15-18-21-24-27-30-35-40(48)45(44(53)54-8-4,39(43(51)52)34-33-38-46)47(41(49)36-31-28-25-22-19-16-13-10-6-2)42(50)37-32-29-26-23-20-17-14-11-7-3;;/h39H,5-38,46H2,1-4H3,(H,51,52);;/t39?,45-;;/m1../s1. The first kappa shape index (κ1) is 55.8. The van der Waals surface area contributed by atoms with E-state index in [1.54, 1.807) is 6.92 Å². The van der Waals surface area contributed by atoms with Crippen LogP contribution in [0, 0.1) is 5.92 Å². The summed E-state index contributed by atoms with van der Waals surface area (Å²) < 4.78 is 5.51. The molecule has 2 amide bonds. The molecule has 0 bridgehead atoms. The van der Waals surface area contributed by atoms with Gasteiger partial charge in [-0.1, -0.05) is 175 Å². The van der Waals surface area contributed by atoms with E-state index >= 15 is 0 Å². The number of esters is 1. The van der Waals surface area contributed by atoms with E-state index in [1.807, 2.05) is 0 Å². The third kappa shape index (κ3) is 24.3. The average Bonchev–Trinajstić information content (AvgIpc) is 3.15. The van der Waals surface area contributed by atoms with Crippen molar-refractivity contribution in [1.29, 1.82) is 0 Å². The molecule has 0 aliphatic heterocycles. The first-order chi connectivity index (χ1) is 26.2. The molecule has 9 nitrogen and oxygen atoms in total. The van der Waals surface area contributed by atoms with Gasteiger partial charge in [-0.2, -0.15) is 0 Å². The van der Waals surface area contributed by atoms with E-state index in [-0.39, 0.29) is 74.8 Å². The fourth-order valence-corrected chi connectivity index (χ4v) is 7.61. The number of imide groups is 1. The van der Waals surface area contributed by atoms with Gasteiger partial charge in [0.1, 0.15) is 0 Å². The Hall–Kier alpha value is -1.29. The van der Waals surface area contributed by atoms with Crippen LogP contribution < -0.4 is 5.73 Å². The zero-order valence-electron chi connectivity index (χ0n) is 35.5. The Morgan fingerprint density at radius 1 is 0.527 bits per heavy atom. The molecule has 0 saturated heterocycles. The predicted octanol–water partition coefficient (Wildman–Crippen LogP) is 10.8. The van der Waals surface area contributed by atoms with Crippen LogP contribution in [0.2, 0.25) is 0 Å². The molecule has 0 fully saturated rings. The number of aliphatic carboxylic acids is 1. The topological polar surface area (TPSA) is 144 Å². The number of carboxylic acid groups (broad SMARTS) is 1. The van der Waals surface area contributed by atoms with Crippen LogP contribution in [0.25, 0.3) is 0 Å². The molecule has 0 spiro atoms. The van der Waals surface area contributed by atoms with E-state index < -0.39 is 41.0 Å². The summed E-state index contributed by atoms with van der Waals surface area (Å²) in [4.78, 5) is 71.6. The van der Waals surface area contributed by atoms with Crippen LogP contribution in [0.3, 0.4) is 0 Å². The van der Waals surface area contributed by atoms with E-state index in [4.69, 9.17) is 10.5 Å². The number of rotatable bonds is 39. The maximum absolute atomic E-state index is 14.7. The summed E-state index contributed by atoms with van der Waals surface area (Å²) in [6.07, 6.45) is 27.4. The van der Waals surface area contributed by atoms with Crippen molar-refractivity contribution in [1.82, 2.24) is 4.90 Å². The zero-order valence-corrected chi connectivity index (χ0v) is 35.5. The number of hydrogen-bond donors (Lipinski definition) is 2.